The minimum absolute atomic E-state index is 0.280. The van der Waals surface area contributed by atoms with Crippen molar-refractivity contribution in [2.24, 2.45) is 0 Å². The second kappa shape index (κ2) is 7.03. The summed E-state index contributed by atoms with van der Waals surface area (Å²) >= 11 is 0. The number of halogens is 1. The van der Waals surface area contributed by atoms with Crippen LogP contribution in [0.15, 0.2) is 54.9 Å². The highest BCUT2D eigenvalue weighted by molar-refractivity contribution is 6.06. The maximum Gasteiger partial charge on any atom is 0.259 e. The zero-order chi connectivity index (χ0) is 19.7. The Labute approximate surface area is 159 Å². The summed E-state index contributed by atoms with van der Waals surface area (Å²) in [6.07, 6.45) is 1.47. The molecular weight excluding hydrogens is 361 g/mol. The van der Waals surface area contributed by atoms with Gasteiger partial charge in [-0.05, 0) is 66.7 Å². The van der Waals surface area contributed by atoms with Gasteiger partial charge in [0.05, 0.1) is 28.3 Å². The number of rotatable bonds is 4. The minimum Gasteiger partial charge on any atom is -0.322 e. The highest BCUT2D eigenvalue weighted by Gasteiger charge is 2.19. The van der Waals surface area contributed by atoms with E-state index in [9.17, 15) is 9.18 Å². The van der Waals surface area contributed by atoms with Gasteiger partial charge in [-0.3, -0.25) is 4.79 Å². The molecule has 1 amide bonds. The number of nitrogens with zero attached hydrogens (tertiary/aromatic N) is 6. The zero-order valence-electron chi connectivity index (χ0n) is 15.2. The van der Waals surface area contributed by atoms with E-state index in [0.29, 0.717) is 28.3 Å². The van der Waals surface area contributed by atoms with Crippen LogP contribution in [0.4, 0.5) is 10.1 Å². The predicted molar refractivity (Wildman–Crippen MR) is 100 cm³/mol. The van der Waals surface area contributed by atoms with E-state index >= 15 is 0 Å². The third-order valence-corrected chi connectivity index (χ3v) is 4.31. The van der Waals surface area contributed by atoms with Crippen molar-refractivity contribution in [3.8, 4) is 11.4 Å². The molecule has 8 nitrogen and oxygen atoms in total. The number of aryl methyl sites for hydroxylation is 1. The van der Waals surface area contributed by atoms with Crippen LogP contribution in [-0.4, -0.2) is 35.9 Å². The fraction of sp³-hybridized carbons (Fsp3) is 0.105. The molecule has 2 aromatic carbocycles. The first-order valence-electron chi connectivity index (χ1n) is 8.50. The van der Waals surface area contributed by atoms with Crippen molar-refractivity contribution >= 4 is 11.6 Å². The third-order valence-electron chi connectivity index (χ3n) is 4.31. The lowest BCUT2D eigenvalue weighted by atomic mass is 10.1. The van der Waals surface area contributed by atoms with E-state index in [4.69, 9.17) is 0 Å². The average Bonchev–Trinajstić information content (AvgIpc) is 3.31. The molecule has 0 fully saturated rings. The molecule has 0 aliphatic heterocycles. The van der Waals surface area contributed by atoms with Crippen molar-refractivity contribution in [3.05, 3.63) is 77.6 Å². The number of anilines is 1. The van der Waals surface area contributed by atoms with Gasteiger partial charge in [-0.15, -0.1) is 5.10 Å². The molecule has 4 aromatic rings. The van der Waals surface area contributed by atoms with E-state index in [0.717, 1.165) is 5.69 Å². The second-order valence-corrected chi connectivity index (χ2v) is 6.19. The number of aromatic nitrogens is 6. The highest BCUT2D eigenvalue weighted by atomic mass is 19.1. The first-order chi connectivity index (χ1) is 13.5. The lowest BCUT2D eigenvalue weighted by Crippen LogP contribution is -2.14. The maximum atomic E-state index is 13.2. The van der Waals surface area contributed by atoms with E-state index in [1.807, 2.05) is 6.07 Å². The van der Waals surface area contributed by atoms with Crippen molar-refractivity contribution in [1.29, 1.82) is 0 Å². The van der Waals surface area contributed by atoms with Crippen molar-refractivity contribution < 1.29 is 9.18 Å². The van der Waals surface area contributed by atoms with Gasteiger partial charge in [0.2, 0.25) is 0 Å². The summed E-state index contributed by atoms with van der Waals surface area (Å²) < 4.78 is 16.3. The van der Waals surface area contributed by atoms with Gasteiger partial charge in [-0.1, -0.05) is 6.07 Å². The van der Waals surface area contributed by atoms with E-state index in [-0.39, 0.29) is 11.7 Å². The molecule has 0 aliphatic rings. The largest absolute Gasteiger partial charge is 0.322 e. The minimum atomic E-state index is -0.328. The molecule has 0 atom stereocenters. The lowest BCUT2D eigenvalue weighted by Gasteiger charge is -2.08. The molecule has 0 saturated carbocycles. The monoisotopic (exact) mass is 377 g/mol. The zero-order valence-corrected chi connectivity index (χ0v) is 15.2. The molecule has 2 aromatic heterocycles. The Hall–Kier alpha value is -3.88. The molecule has 28 heavy (non-hydrogen) atoms. The summed E-state index contributed by atoms with van der Waals surface area (Å²) in [5.41, 5.74) is 3.72. The van der Waals surface area contributed by atoms with Crippen LogP contribution in [0, 0.1) is 19.7 Å². The van der Waals surface area contributed by atoms with Gasteiger partial charge in [0.1, 0.15) is 12.1 Å². The van der Waals surface area contributed by atoms with Gasteiger partial charge in [-0.25, -0.2) is 13.8 Å². The van der Waals surface area contributed by atoms with E-state index in [2.05, 4.69) is 25.9 Å². The summed E-state index contributed by atoms with van der Waals surface area (Å²) in [4.78, 5) is 12.9. The van der Waals surface area contributed by atoms with Crippen LogP contribution < -0.4 is 5.32 Å². The van der Waals surface area contributed by atoms with E-state index in [1.165, 1.54) is 23.1 Å². The number of hydrogen-bond acceptors (Lipinski definition) is 5. The maximum absolute atomic E-state index is 13.2. The van der Waals surface area contributed by atoms with Gasteiger partial charge in [0, 0.05) is 5.69 Å². The molecule has 0 spiro atoms. The van der Waals surface area contributed by atoms with Crippen molar-refractivity contribution in [2.75, 3.05) is 5.32 Å². The number of carbonyl (C=O) groups excluding carboxylic acids is 1. The van der Waals surface area contributed by atoms with Crippen LogP contribution >= 0.6 is 0 Å². The summed E-state index contributed by atoms with van der Waals surface area (Å²) in [6, 6.07) is 13.1. The molecular formula is C19H16FN7O. The van der Waals surface area contributed by atoms with Gasteiger partial charge < -0.3 is 5.32 Å². The summed E-state index contributed by atoms with van der Waals surface area (Å²) in [5.74, 6) is -0.608. The quantitative estimate of drug-likeness (QED) is 0.591. The van der Waals surface area contributed by atoms with Crippen LogP contribution in [-0.2, 0) is 0 Å². The van der Waals surface area contributed by atoms with Crippen LogP contribution in [0.5, 0.6) is 0 Å². The molecule has 4 rings (SSSR count). The van der Waals surface area contributed by atoms with Gasteiger partial charge in [-0.2, -0.15) is 5.10 Å². The van der Waals surface area contributed by atoms with Crippen molar-refractivity contribution in [2.45, 2.75) is 13.8 Å². The SMILES string of the molecule is Cc1nn(-c2ccc(F)cc2)c(C)c1C(=O)Nc1cccc(-n2cnnn2)c1. The first kappa shape index (κ1) is 17.5. The molecule has 2 heterocycles. The van der Waals surface area contributed by atoms with Crippen LogP contribution in [0.2, 0.25) is 0 Å². The Kier molecular flexibility index (Phi) is 4.40. The topological polar surface area (TPSA) is 90.5 Å². The standard InChI is InChI=1S/C19H16FN7O/c1-12-18(13(2)27(23-12)16-8-6-14(20)7-9-16)19(28)22-15-4-3-5-17(10-15)26-11-21-24-25-26/h3-11H,1-2H3,(H,22,28). The Morgan fingerprint density at radius 2 is 1.86 bits per heavy atom. The van der Waals surface area contributed by atoms with Crippen molar-refractivity contribution in [1.82, 2.24) is 30.0 Å². The summed E-state index contributed by atoms with van der Waals surface area (Å²) in [7, 11) is 0. The fourth-order valence-corrected chi connectivity index (χ4v) is 3.00. The smallest absolute Gasteiger partial charge is 0.259 e. The molecule has 1 N–H and O–H groups in total. The van der Waals surface area contributed by atoms with E-state index < -0.39 is 0 Å². The average molecular weight is 377 g/mol. The Bertz CT molecular complexity index is 1130. The van der Waals surface area contributed by atoms with Gasteiger partial charge in [0.15, 0.2) is 0 Å². The molecule has 140 valence electrons. The molecule has 0 aliphatic carbocycles. The third kappa shape index (κ3) is 3.25. The Morgan fingerprint density at radius 3 is 2.57 bits per heavy atom. The van der Waals surface area contributed by atoms with Gasteiger partial charge in [0.25, 0.3) is 5.91 Å². The lowest BCUT2D eigenvalue weighted by molar-refractivity contribution is 0.102. The van der Waals surface area contributed by atoms with Crippen LogP contribution in [0.1, 0.15) is 21.7 Å². The Morgan fingerprint density at radius 1 is 1.07 bits per heavy atom. The number of carbonyl (C=O) groups is 1. The number of benzene rings is 2. The normalized spacial score (nSPS) is 10.8. The van der Waals surface area contributed by atoms with Crippen LogP contribution in [0.3, 0.4) is 0 Å². The number of hydrogen-bond donors (Lipinski definition) is 1. The molecule has 0 saturated heterocycles. The number of nitrogens with one attached hydrogen (secondary N) is 1. The molecule has 0 radical (unpaired) electrons. The second-order valence-electron chi connectivity index (χ2n) is 6.19. The molecule has 0 unspecified atom stereocenters. The van der Waals surface area contributed by atoms with E-state index in [1.54, 1.807) is 48.9 Å². The predicted octanol–water partition coefficient (Wildman–Crippen LogP) is 2.86. The van der Waals surface area contributed by atoms with Gasteiger partial charge >= 0.3 is 0 Å². The van der Waals surface area contributed by atoms with Crippen LogP contribution in [0.25, 0.3) is 11.4 Å². The summed E-state index contributed by atoms with van der Waals surface area (Å²) in [5, 5.41) is 18.4. The molecule has 9 heteroatoms. The highest BCUT2D eigenvalue weighted by Crippen LogP contribution is 2.21. The first-order valence-corrected chi connectivity index (χ1v) is 8.50. The van der Waals surface area contributed by atoms with Crippen molar-refractivity contribution in [3.63, 3.8) is 0 Å². The molecule has 0 bridgehead atoms. The number of amides is 1. The number of tetrazole rings is 1. The summed E-state index contributed by atoms with van der Waals surface area (Å²) in [6.45, 7) is 3.56. The Balaban J connectivity index is 1.62. The fourth-order valence-electron chi connectivity index (χ4n) is 3.00.